The van der Waals surface area contributed by atoms with Gasteiger partial charge in [0, 0.05) is 18.8 Å². The van der Waals surface area contributed by atoms with Crippen LogP contribution in [0.15, 0.2) is 43.0 Å². The molecule has 0 fully saturated rings. The van der Waals surface area contributed by atoms with E-state index in [2.05, 4.69) is 9.97 Å². The predicted molar refractivity (Wildman–Crippen MR) is 56.5 cm³/mol. The van der Waals surface area contributed by atoms with Crippen LogP contribution in [-0.4, -0.2) is 15.8 Å². The van der Waals surface area contributed by atoms with Crippen molar-refractivity contribution in [1.82, 2.24) is 9.97 Å². The zero-order chi connectivity index (χ0) is 11.4. The van der Waals surface area contributed by atoms with Gasteiger partial charge in [0.1, 0.15) is 12.1 Å². The largest absolute Gasteiger partial charge is 0.294 e. The lowest BCUT2D eigenvalue weighted by molar-refractivity contribution is 0.0992. The molecule has 2 rings (SSSR count). The third-order valence-corrected chi connectivity index (χ3v) is 2.14. The van der Waals surface area contributed by atoms with Gasteiger partial charge in [0.05, 0.1) is 5.56 Å². The molecule has 0 aliphatic heterocycles. The van der Waals surface area contributed by atoms with Crippen LogP contribution in [0.5, 0.6) is 0 Å². The summed E-state index contributed by atoms with van der Waals surface area (Å²) >= 11 is 0. The first kappa shape index (κ1) is 10.4. The first-order valence-corrected chi connectivity index (χ1v) is 4.78. The van der Waals surface area contributed by atoms with Crippen LogP contribution in [0.2, 0.25) is 0 Å². The predicted octanol–water partition coefficient (Wildman–Crippen LogP) is 2.04. The van der Waals surface area contributed by atoms with E-state index in [0.717, 1.165) is 0 Å². The number of aromatic nitrogens is 2. The van der Waals surface area contributed by atoms with Gasteiger partial charge in [-0.3, -0.25) is 4.79 Å². The molecule has 4 heteroatoms. The van der Waals surface area contributed by atoms with Crippen LogP contribution in [0, 0.1) is 5.82 Å². The van der Waals surface area contributed by atoms with Crippen LogP contribution in [0.25, 0.3) is 0 Å². The Morgan fingerprint density at radius 3 is 2.69 bits per heavy atom. The monoisotopic (exact) mass is 216 g/mol. The molecule has 0 atom stereocenters. The van der Waals surface area contributed by atoms with E-state index in [4.69, 9.17) is 0 Å². The molecule has 80 valence electrons. The summed E-state index contributed by atoms with van der Waals surface area (Å²) in [5.41, 5.74) is 1.08. The summed E-state index contributed by atoms with van der Waals surface area (Å²) in [5.74, 6) is -0.458. The van der Waals surface area contributed by atoms with Crippen molar-refractivity contribution in [2.75, 3.05) is 0 Å². The third-order valence-electron chi connectivity index (χ3n) is 2.14. The normalized spacial score (nSPS) is 10.1. The van der Waals surface area contributed by atoms with Crippen molar-refractivity contribution in [3.8, 4) is 0 Å². The highest BCUT2D eigenvalue weighted by atomic mass is 19.1. The fourth-order valence-corrected chi connectivity index (χ4v) is 1.38. The number of hydrogen-bond donors (Lipinski definition) is 0. The smallest absolute Gasteiger partial charge is 0.170 e. The summed E-state index contributed by atoms with van der Waals surface area (Å²) in [6.45, 7) is 0. The standard InChI is InChI=1S/C12H9FN2O/c13-11-3-1-2-9(4-11)5-12(16)10-6-14-8-15-7-10/h1-4,6-8H,5H2. The molecular formula is C12H9FN2O. The van der Waals surface area contributed by atoms with Crippen molar-refractivity contribution < 1.29 is 9.18 Å². The van der Waals surface area contributed by atoms with Crippen molar-refractivity contribution >= 4 is 5.78 Å². The Bertz CT molecular complexity index is 499. The highest BCUT2D eigenvalue weighted by Crippen LogP contribution is 2.07. The molecule has 16 heavy (non-hydrogen) atoms. The van der Waals surface area contributed by atoms with Crippen LogP contribution < -0.4 is 0 Å². The quantitative estimate of drug-likeness (QED) is 0.737. The number of ketones is 1. The van der Waals surface area contributed by atoms with Crippen molar-refractivity contribution in [2.45, 2.75) is 6.42 Å². The molecule has 1 aromatic carbocycles. The van der Waals surface area contributed by atoms with Gasteiger partial charge >= 0.3 is 0 Å². The van der Waals surface area contributed by atoms with Gasteiger partial charge in [0.2, 0.25) is 0 Å². The second-order valence-corrected chi connectivity index (χ2v) is 3.36. The zero-order valence-corrected chi connectivity index (χ0v) is 8.43. The average molecular weight is 216 g/mol. The Kier molecular flexibility index (Phi) is 3.00. The van der Waals surface area contributed by atoms with E-state index in [0.29, 0.717) is 11.1 Å². The lowest BCUT2D eigenvalue weighted by Crippen LogP contribution is -2.04. The Morgan fingerprint density at radius 2 is 2.00 bits per heavy atom. The highest BCUT2D eigenvalue weighted by molar-refractivity contribution is 5.96. The topological polar surface area (TPSA) is 42.9 Å². The van der Waals surface area contributed by atoms with E-state index >= 15 is 0 Å². The lowest BCUT2D eigenvalue weighted by atomic mass is 10.1. The number of benzene rings is 1. The minimum atomic E-state index is -0.338. The second kappa shape index (κ2) is 4.61. The van der Waals surface area contributed by atoms with E-state index in [1.807, 2.05) is 0 Å². The average Bonchev–Trinajstić information content (AvgIpc) is 2.30. The van der Waals surface area contributed by atoms with Gasteiger partial charge in [-0.2, -0.15) is 0 Å². The van der Waals surface area contributed by atoms with Crippen molar-refractivity contribution in [1.29, 1.82) is 0 Å². The molecule has 2 aromatic rings. The maximum atomic E-state index is 12.9. The SMILES string of the molecule is O=C(Cc1cccc(F)c1)c1cncnc1. The number of rotatable bonds is 3. The number of nitrogens with zero attached hydrogens (tertiary/aromatic N) is 2. The Hall–Kier alpha value is -2.10. The first-order chi connectivity index (χ1) is 7.75. The first-order valence-electron chi connectivity index (χ1n) is 4.78. The molecule has 0 bridgehead atoms. The minimum absolute atomic E-state index is 0.119. The molecule has 0 saturated carbocycles. The molecule has 0 radical (unpaired) electrons. The fourth-order valence-electron chi connectivity index (χ4n) is 1.38. The van der Waals surface area contributed by atoms with Gasteiger partial charge in [-0.1, -0.05) is 12.1 Å². The minimum Gasteiger partial charge on any atom is -0.294 e. The fraction of sp³-hybridized carbons (Fsp3) is 0.0833. The van der Waals surface area contributed by atoms with Crippen molar-refractivity contribution in [3.05, 3.63) is 59.9 Å². The highest BCUT2D eigenvalue weighted by Gasteiger charge is 2.07. The maximum Gasteiger partial charge on any atom is 0.170 e. The summed E-state index contributed by atoms with van der Waals surface area (Å²) in [6.07, 6.45) is 4.42. The van der Waals surface area contributed by atoms with Crippen LogP contribution in [0.4, 0.5) is 4.39 Å². The summed E-state index contributed by atoms with van der Waals surface area (Å²) in [7, 11) is 0. The Morgan fingerprint density at radius 1 is 1.25 bits per heavy atom. The molecule has 0 N–H and O–H groups in total. The molecule has 0 aliphatic carbocycles. The molecule has 0 unspecified atom stereocenters. The van der Waals surface area contributed by atoms with Crippen LogP contribution in [0.3, 0.4) is 0 Å². The van der Waals surface area contributed by atoms with E-state index in [-0.39, 0.29) is 18.0 Å². The van der Waals surface area contributed by atoms with Crippen molar-refractivity contribution in [3.63, 3.8) is 0 Å². The molecule has 0 saturated heterocycles. The molecule has 1 aromatic heterocycles. The maximum absolute atomic E-state index is 12.9. The number of Topliss-reactive ketones (excluding diaryl/α,β-unsaturated/α-hetero) is 1. The Labute approximate surface area is 92.0 Å². The molecule has 3 nitrogen and oxygen atoms in total. The Balaban J connectivity index is 2.14. The number of carbonyl (C=O) groups excluding carboxylic acids is 1. The van der Waals surface area contributed by atoms with Gasteiger partial charge in [0.15, 0.2) is 5.78 Å². The third kappa shape index (κ3) is 2.48. The molecule has 0 amide bonds. The zero-order valence-electron chi connectivity index (χ0n) is 8.43. The summed E-state index contributed by atoms with van der Waals surface area (Å²) in [5, 5.41) is 0. The van der Waals surface area contributed by atoms with Gasteiger partial charge in [-0.05, 0) is 17.7 Å². The van der Waals surface area contributed by atoms with Gasteiger partial charge < -0.3 is 0 Å². The van der Waals surface area contributed by atoms with E-state index in [1.54, 1.807) is 12.1 Å². The van der Waals surface area contributed by atoms with Crippen LogP contribution in [-0.2, 0) is 6.42 Å². The number of halogens is 1. The van der Waals surface area contributed by atoms with E-state index < -0.39 is 0 Å². The van der Waals surface area contributed by atoms with Crippen LogP contribution >= 0.6 is 0 Å². The van der Waals surface area contributed by atoms with Crippen molar-refractivity contribution in [2.24, 2.45) is 0 Å². The lowest BCUT2D eigenvalue weighted by Gasteiger charge is -2.00. The number of carbonyl (C=O) groups is 1. The van der Waals surface area contributed by atoms with E-state index in [9.17, 15) is 9.18 Å². The van der Waals surface area contributed by atoms with Crippen LogP contribution in [0.1, 0.15) is 15.9 Å². The number of hydrogen-bond acceptors (Lipinski definition) is 3. The summed E-state index contributed by atoms with van der Waals surface area (Å²) < 4.78 is 12.9. The van der Waals surface area contributed by atoms with E-state index in [1.165, 1.54) is 30.9 Å². The van der Waals surface area contributed by atoms with Gasteiger partial charge in [-0.25, -0.2) is 14.4 Å². The van der Waals surface area contributed by atoms with Gasteiger partial charge in [-0.15, -0.1) is 0 Å². The summed E-state index contributed by atoms with van der Waals surface area (Å²) in [4.78, 5) is 19.2. The molecular weight excluding hydrogens is 207 g/mol. The molecule has 0 aliphatic rings. The summed E-state index contributed by atoms with van der Waals surface area (Å²) in [6, 6.07) is 5.99. The molecule has 1 heterocycles. The molecule has 0 spiro atoms. The second-order valence-electron chi connectivity index (χ2n) is 3.36. The van der Waals surface area contributed by atoms with Gasteiger partial charge in [0.25, 0.3) is 0 Å².